The molecule has 4 heteroatoms. The topological polar surface area (TPSA) is 42.7 Å². The predicted molar refractivity (Wildman–Crippen MR) is 120 cm³/mol. The fraction of sp³-hybridized carbons (Fsp3) is 0.231. The molecule has 0 aliphatic heterocycles. The monoisotopic (exact) mass is 394 g/mol. The summed E-state index contributed by atoms with van der Waals surface area (Å²) in [5, 5.41) is 8.73. The highest BCUT2D eigenvalue weighted by Crippen LogP contribution is 2.30. The van der Waals surface area contributed by atoms with Crippen molar-refractivity contribution in [1.82, 2.24) is 20.1 Å². The van der Waals surface area contributed by atoms with Crippen molar-refractivity contribution in [1.29, 1.82) is 0 Å². The number of aryl methyl sites for hydroxylation is 1. The van der Waals surface area contributed by atoms with Gasteiger partial charge in [0.1, 0.15) is 0 Å². The SMILES string of the molecule is c1ccc(Cn2cc(CNC3CCCc4ccccc43)c(-c3cccnc3)n2)cc1. The van der Waals surface area contributed by atoms with Gasteiger partial charge in [-0.15, -0.1) is 0 Å². The summed E-state index contributed by atoms with van der Waals surface area (Å²) in [6.45, 7) is 1.55. The summed E-state index contributed by atoms with van der Waals surface area (Å²) in [7, 11) is 0. The van der Waals surface area contributed by atoms with Crippen LogP contribution in [0.1, 0.15) is 41.1 Å². The molecule has 1 aliphatic rings. The average Bonchev–Trinajstić information content (AvgIpc) is 3.21. The van der Waals surface area contributed by atoms with Crippen LogP contribution in [-0.2, 0) is 19.5 Å². The van der Waals surface area contributed by atoms with E-state index in [1.54, 1.807) is 6.20 Å². The van der Waals surface area contributed by atoms with E-state index in [-0.39, 0.29) is 0 Å². The number of rotatable bonds is 6. The van der Waals surface area contributed by atoms with Crippen LogP contribution in [0.4, 0.5) is 0 Å². The molecule has 1 N–H and O–H groups in total. The number of hydrogen-bond acceptors (Lipinski definition) is 3. The number of fused-ring (bicyclic) bond motifs is 1. The molecule has 2 aromatic heterocycles. The standard InChI is InChI=1S/C26H26N4/c1-2-8-20(9-3-1)18-30-19-23(26(29-30)22-12-7-15-27-16-22)17-28-25-14-6-11-21-10-4-5-13-24(21)25/h1-5,7-10,12-13,15-16,19,25,28H,6,11,14,17-18H2. The molecule has 2 aromatic carbocycles. The Morgan fingerprint density at radius 2 is 1.83 bits per heavy atom. The average molecular weight is 395 g/mol. The zero-order valence-corrected chi connectivity index (χ0v) is 17.0. The number of nitrogens with one attached hydrogen (secondary N) is 1. The highest BCUT2D eigenvalue weighted by molar-refractivity contribution is 5.61. The number of benzene rings is 2. The molecule has 0 amide bonds. The van der Waals surface area contributed by atoms with E-state index in [1.165, 1.54) is 41.5 Å². The van der Waals surface area contributed by atoms with Crippen LogP contribution in [0.2, 0.25) is 0 Å². The summed E-state index contributed by atoms with van der Waals surface area (Å²) in [6.07, 6.45) is 9.48. The van der Waals surface area contributed by atoms with Gasteiger partial charge in [-0.2, -0.15) is 5.10 Å². The minimum Gasteiger partial charge on any atom is -0.306 e. The minimum atomic E-state index is 0.397. The quantitative estimate of drug-likeness (QED) is 0.491. The van der Waals surface area contributed by atoms with E-state index >= 15 is 0 Å². The summed E-state index contributed by atoms with van der Waals surface area (Å²) in [5.41, 5.74) is 7.46. The van der Waals surface area contributed by atoms with Crippen molar-refractivity contribution in [2.75, 3.05) is 0 Å². The van der Waals surface area contributed by atoms with Gasteiger partial charge in [0.25, 0.3) is 0 Å². The highest BCUT2D eigenvalue weighted by Gasteiger charge is 2.20. The van der Waals surface area contributed by atoms with Crippen LogP contribution in [0.3, 0.4) is 0 Å². The normalized spacial score (nSPS) is 15.7. The molecule has 5 rings (SSSR count). The van der Waals surface area contributed by atoms with Crippen LogP contribution in [0.5, 0.6) is 0 Å². The highest BCUT2D eigenvalue weighted by atomic mass is 15.3. The first-order chi connectivity index (χ1) is 14.9. The first-order valence-corrected chi connectivity index (χ1v) is 10.7. The maximum absolute atomic E-state index is 4.92. The van der Waals surface area contributed by atoms with Crippen molar-refractivity contribution in [2.45, 2.75) is 38.4 Å². The van der Waals surface area contributed by atoms with Gasteiger partial charge in [0, 0.05) is 42.3 Å². The minimum absolute atomic E-state index is 0.397. The van der Waals surface area contributed by atoms with Crippen molar-refractivity contribution in [2.24, 2.45) is 0 Å². The van der Waals surface area contributed by atoms with Crippen LogP contribution in [0, 0.1) is 0 Å². The van der Waals surface area contributed by atoms with E-state index in [1.807, 2.05) is 23.0 Å². The van der Waals surface area contributed by atoms with Crippen LogP contribution < -0.4 is 5.32 Å². The van der Waals surface area contributed by atoms with Crippen molar-refractivity contribution in [3.05, 3.63) is 108 Å². The van der Waals surface area contributed by atoms with Crippen LogP contribution >= 0.6 is 0 Å². The van der Waals surface area contributed by atoms with Gasteiger partial charge in [-0.05, 0) is 48.1 Å². The lowest BCUT2D eigenvalue weighted by atomic mass is 9.87. The van der Waals surface area contributed by atoms with E-state index in [2.05, 4.69) is 71.1 Å². The first-order valence-electron chi connectivity index (χ1n) is 10.7. The van der Waals surface area contributed by atoms with Crippen molar-refractivity contribution in [3.8, 4) is 11.3 Å². The smallest absolute Gasteiger partial charge is 0.0983 e. The fourth-order valence-corrected chi connectivity index (χ4v) is 4.39. The van der Waals surface area contributed by atoms with Gasteiger partial charge >= 0.3 is 0 Å². The van der Waals surface area contributed by atoms with Gasteiger partial charge in [-0.3, -0.25) is 9.67 Å². The van der Waals surface area contributed by atoms with E-state index in [4.69, 9.17) is 5.10 Å². The summed E-state index contributed by atoms with van der Waals surface area (Å²) in [4.78, 5) is 4.31. The largest absolute Gasteiger partial charge is 0.306 e. The molecule has 1 atom stereocenters. The molecular weight excluding hydrogens is 368 g/mol. The molecule has 150 valence electrons. The first kappa shape index (κ1) is 18.8. The summed E-state index contributed by atoms with van der Waals surface area (Å²) < 4.78 is 2.05. The third kappa shape index (κ3) is 4.05. The molecule has 1 aliphatic carbocycles. The lowest BCUT2D eigenvalue weighted by Gasteiger charge is -2.26. The lowest BCUT2D eigenvalue weighted by Crippen LogP contribution is -2.24. The Bertz CT molecular complexity index is 1100. The Kier molecular flexibility index (Phi) is 5.40. The number of aromatic nitrogens is 3. The molecule has 4 nitrogen and oxygen atoms in total. The Hall–Kier alpha value is -3.24. The molecule has 0 radical (unpaired) electrons. The van der Waals surface area contributed by atoms with Gasteiger partial charge in [0.15, 0.2) is 0 Å². The van der Waals surface area contributed by atoms with E-state index < -0.39 is 0 Å². The Balaban J connectivity index is 1.41. The lowest BCUT2D eigenvalue weighted by molar-refractivity contribution is 0.459. The van der Waals surface area contributed by atoms with Gasteiger partial charge in [-0.1, -0.05) is 54.6 Å². The van der Waals surface area contributed by atoms with Crippen molar-refractivity contribution < 1.29 is 0 Å². The Morgan fingerprint density at radius 3 is 2.70 bits per heavy atom. The number of pyridine rings is 1. The third-order valence-electron chi connectivity index (χ3n) is 5.87. The van der Waals surface area contributed by atoms with Crippen LogP contribution in [-0.4, -0.2) is 14.8 Å². The van der Waals surface area contributed by atoms with E-state index in [0.717, 1.165) is 24.3 Å². The molecular formula is C26H26N4. The molecule has 0 bridgehead atoms. The second-order valence-corrected chi connectivity index (χ2v) is 7.95. The Morgan fingerprint density at radius 1 is 0.967 bits per heavy atom. The summed E-state index contributed by atoms with van der Waals surface area (Å²) >= 11 is 0. The van der Waals surface area contributed by atoms with Crippen LogP contribution in [0.25, 0.3) is 11.3 Å². The van der Waals surface area contributed by atoms with Crippen LogP contribution in [0.15, 0.2) is 85.3 Å². The van der Waals surface area contributed by atoms with Gasteiger partial charge in [0.2, 0.25) is 0 Å². The summed E-state index contributed by atoms with van der Waals surface area (Å²) in [6, 6.07) is 23.8. The molecule has 0 spiro atoms. The Labute approximate surface area is 177 Å². The van der Waals surface area contributed by atoms with Gasteiger partial charge < -0.3 is 5.32 Å². The zero-order valence-electron chi connectivity index (χ0n) is 17.0. The van der Waals surface area contributed by atoms with Gasteiger partial charge in [0.05, 0.1) is 12.2 Å². The number of hydrogen-bond donors (Lipinski definition) is 1. The third-order valence-corrected chi connectivity index (χ3v) is 5.87. The predicted octanol–water partition coefficient (Wildman–Crippen LogP) is 5.16. The second-order valence-electron chi connectivity index (χ2n) is 7.95. The van der Waals surface area contributed by atoms with E-state index in [9.17, 15) is 0 Å². The molecule has 2 heterocycles. The summed E-state index contributed by atoms with van der Waals surface area (Å²) in [5.74, 6) is 0. The van der Waals surface area contributed by atoms with Crippen molar-refractivity contribution in [3.63, 3.8) is 0 Å². The molecule has 0 saturated carbocycles. The number of nitrogens with zero attached hydrogens (tertiary/aromatic N) is 3. The molecule has 30 heavy (non-hydrogen) atoms. The molecule has 1 unspecified atom stereocenters. The maximum atomic E-state index is 4.92. The maximum Gasteiger partial charge on any atom is 0.0983 e. The van der Waals surface area contributed by atoms with E-state index in [0.29, 0.717) is 6.04 Å². The molecule has 0 saturated heterocycles. The van der Waals surface area contributed by atoms with Gasteiger partial charge in [-0.25, -0.2) is 0 Å². The molecule has 4 aromatic rings. The fourth-order valence-electron chi connectivity index (χ4n) is 4.39. The zero-order chi connectivity index (χ0) is 20.2. The molecule has 0 fully saturated rings. The second kappa shape index (κ2) is 8.64. The van der Waals surface area contributed by atoms with Crippen molar-refractivity contribution >= 4 is 0 Å².